The minimum absolute atomic E-state index is 0.0393. The van der Waals surface area contributed by atoms with Gasteiger partial charge in [0.05, 0.1) is 0 Å². The summed E-state index contributed by atoms with van der Waals surface area (Å²) < 4.78 is 50.3. The summed E-state index contributed by atoms with van der Waals surface area (Å²) in [6.07, 6.45) is -3.71. The Bertz CT molecular complexity index is 505. The summed E-state index contributed by atoms with van der Waals surface area (Å²) in [7, 11) is 0. The predicted octanol–water partition coefficient (Wildman–Crippen LogP) is 2.05. The van der Waals surface area contributed by atoms with Crippen LogP contribution < -0.4 is 5.73 Å². The maximum atomic E-state index is 13.0. The number of hydrogen-bond donors (Lipinski definition) is 1. The van der Waals surface area contributed by atoms with Gasteiger partial charge in [-0.15, -0.1) is 0 Å². The van der Waals surface area contributed by atoms with Crippen LogP contribution in [0, 0.1) is 0 Å². The molecule has 0 aliphatic carbocycles. The summed E-state index contributed by atoms with van der Waals surface area (Å²) in [5.41, 5.74) is 7.64. The summed E-state index contributed by atoms with van der Waals surface area (Å²) in [6, 6.07) is 4.95. The zero-order chi connectivity index (χ0) is 14.2. The summed E-state index contributed by atoms with van der Waals surface area (Å²) in [4.78, 5) is 12.2. The lowest BCUT2D eigenvalue weighted by Crippen LogP contribution is -2.49. The van der Waals surface area contributed by atoms with Gasteiger partial charge < -0.3 is 10.6 Å². The van der Waals surface area contributed by atoms with Gasteiger partial charge in [-0.2, -0.15) is 8.78 Å². The first-order valence-corrected chi connectivity index (χ1v) is 5.65. The first kappa shape index (κ1) is 13.6. The van der Waals surface area contributed by atoms with Gasteiger partial charge in [0.2, 0.25) is 0 Å². The largest absolute Gasteiger partial charge is 0.398 e. The van der Waals surface area contributed by atoms with Crippen molar-refractivity contribution in [1.29, 1.82) is 0 Å². The Morgan fingerprint density at radius 2 is 2.05 bits per heavy atom. The molecule has 3 nitrogen and oxygen atoms in total. The minimum atomic E-state index is -4.64. The number of anilines is 1. The van der Waals surface area contributed by atoms with Crippen molar-refractivity contribution in [2.75, 3.05) is 12.3 Å². The zero-order valence-corrected chi connectivity index (χ0v) is 9.88. The van der Waals surface area contributed by atoms with E-state index >= 15 is 0 Å². The topological polar surface area (TPSA) is 46.3 Å². The lowest BCUT2D eigenvalue weighted by atomic mass is 9.97. The Morgan fingerprint density at radius 1 is 1.37 bits per heavy atom. The molecule has 0 fully saturated rings. The highest BCUT2D eigenvalue weighted by Crippen LogP contribution is 2.30. The molecule has 0 spiro atoms. The van der Waals surface area contributed by atoms with Crippen molar-refractivity contribution in [3.05, 3.63) is 29.3 Å². The Kier molecular flexibility index (Phi) is 3.38. The van der Waals surface area contributed by atoms with Gasteiger partial charge in [-0.3, -0.25) is 4.79 Å². The maximum Gasteiger partial charge on any atom is 0.383 e. The number of carbonyl (C=O) groups is 1. The highest BCUT2D eigenvalue weighted by molar-refractivity contribution is 5.84. The number of nitrogen functional groups attached to an aromatic ring is 1. The Labute approximate surface area is 107 Å². The number of fused-ring (bicyclic) bond motifs is 1. The average molecular weight is 276 g/mol. The fourth-order valence-electron chi connectivity index (χ4n) is 2.12. The van der Waals surface area contributed by atoms with E-state index in [2.05, 4.69) is 0 Å². The molecule has 0 unspecified atom stereocenters. The molecule has 1 aliphatic rings. The predicted molar refractivity (Wildman–Crippen MR) is 60.9 cm³/mol. The van der Waals surface area contributed by atoms with E-state index in [9.17, 15) is 22.4 Å². The van der Waals surface area contributed by atoms with Crippen molar-refractivity contribution < 1.29 is 22.4 Å². The third kappa shape index (κ3) is 2.36. The highest BCUT2D eigenvalue weighted by Gasteiger charge is 2.51. The van der Waals surface area contributed by atoms with Crippen molar-refractivity contribution in [1.82, 2.24) is 4.90 Å². The molecule has 19 heavy (non-hydrogen) atoms. The second-order valence-electron chi connectivity index (χ2n) is 4.39. The number of amides is 1. The van der Waals surface area contributed by atoms with Crippen LogP contribution in [0.3, 0.4) is 0 Å². The lowest BCUT2D eigenvalue weighted by Gasteiger charge is -2.31. The number of rotatable bonds is 2. The fourth-order valence-corrected chi connectivity index (χ4v) is 2.12. The first-order valence-electron chi connectivity index (χ1n) is 5.65. The zero-order valence-electron chi connectivity index (χ0n) is 9.88. The number of nitrogens with zero attached hydrogens (tertiary/aromatic N) is 1. The number of benzene rings is 1. The quantitative estimate of drug-likeness (QED) is 0.664. The number of hydrogen-bond acceptors (Lipinski definition) is 2. The molecule has 0 saturated carbocycles. The van der Waals surface area contributed by atoms with Gasteiger partial charge in [0.15, 0.2) is 0 Å². The van der Waals surface area contributed by atoms with Crippen LogP contribution in [0.15, 0.2) is 18.2 Å². The van der Waals surface area contributed by atoms with E-state index in [0.29, 0.717) is 11.3 Å². The molecular formula is C12H12F4N2O. The van der Waals surface area contributed by atoms with Crippen LogP contribution in [0.1, 0.15) is 11.1 Å². The van der Waals surface area contributed by atoms with Crippen molar-refractivity contribution in [2.24, 2.45) is 0 Å². The van der Waals surface area contributed by atoms with E-state index in [1.54, 1.807) is 18.2 Å². The third-order valence-electron chi connectivity index (χ3n) is 3.15. The lowest BCUT2D eigenvalue weighted by molar-refractivity contribution is -0.181. The standard InChI is InChI=1S/C12H12F4N2O/c13-10(14)12(15,16)11(19)18-5-4-8-7(6-18)2-1-3-9(8)17/h1-3,10H,4-6,17H2. The number of halogens is 4. The molecule has 0 atom stereocenters. The van der Waals surface area contributed by atoms with Gasteiger partial charge in [-0.05, 0) is 23.6 Å². The maximum absolute atomic E-state index is 13.0. The molecule has 1 aromatic carbocycles. The van der Waals surface area contributed by atoms with E-state index in [1.807, 2.05) is 0 Å². The Balaban J connectivity index is 2.21. The molecule has 0 bridgehead atoms. The minimum Gasteiger partial charge on any atom is -0.398 e. The van der Waals surface area contributed by atoms with Crippen molar-refractivity contribution in [2.45, 2.75) is 25.3 Å². The molecule has 7 heteroatoms. The second kappa shape index (κ2) is 4.71. The van der Waals surface area contributed by atoms with Gasteiger partial charge in [0.25, 0.3) is 5.91 Å². The molecule has 0 saturated heterocycles. The van der Waals surface area contributed by atoms with Gasteiger partial charge in [0, 0.05) is 18.8 Å². The Hall–Kier alpha value is -1.79. The van der Waals surface area contributed by atoms with Crippen LogP contribution in [-0.4, -0.2) is 29.7 Å². The van der Waals surface area contributed by atoms with Gasteiger partial charge >= 0.3 is 12.3 Å². The molecule has 1 aromatic rings. The summed E-state index contributed by atoms with van der Waals surface area (Å²) >= 11 is 0. The number of nitrogens with two attached hydrogens (primary N) is 1. The van der Waals surface area contributed by atoms with Gasteiger partial charge in [0.1, 0.15) is 0 Å². The van der Waals surface area contributed by atoms with Crippen LogP contribution in [0.4, 0.5) is 23.2 Å². The van der Waals surface area contributed by atoms with Crippen LogP contribution in [0.25, 0.3) is 0 Å². The second-order valence-corrected chi connectivity index (χ2v) is 4.39. The van der Waals surface area contributed by atoms with E-state index in [0.717, 1.165) is 10.5 Å². The molecule has 0 radical (unpaired) electrons. The summed E-state index contributed by atoms with van der Waals surface area (Å²) in [5, 5.41) is 0. The molecule has 2 N–H and O–H groups in total. The van der Waals surface area contributed by atoms with E-state index < -0.39 is 18.3 Å². The Morgan fingerprint density at radius 3 is 2.68 bits per heavy atom. The van der Waals surface area contributed by atoms with Crippen molar-refractivity contribution in [3.63, 3.8) is 0 Å². The molecule has 1 aliphatic heterocycles. The number of carbonyl (C=O) groups excluding carboxylic acids is 1. The number of alkyl halides is 4. The molecule has 1 amide bonds. The van der Waals surface area contributed by atoms with E-state index in [1.165, 1.54) is 0 Å². The van der Waals surface area contributed by atoms with Crippen LogP contribution in [0.2, 0.25) is 0 Å². The first-order chi connectivity index (χ1) is 8.84. The van der Waals surface area contributed by atoms with Crippen LogP contribution in [-0.2, 0) is 17.8 Å². The van der Waals surface area contributed by atoms with Crippen molar-refractivity contribution >= 4 is 11.6 Å². The van der Waals surface area contributed by atoms with Gasteiger partial charge in [-0.1, -0.05) is 12.1 Å². The molecular weight excluding hydrogens is 264 g/mol. The summed E-state index contributed by atoms with van der Waals surface area (Å²) in [6.45, 7) is -0.163. The van der Waals surface area contributed by atoms with E-state index in [-0.39, 0.29) is 19.5 Å². The fraction of sp³-hybridized carbons (Fsp3) is 0.417. The van der Waals surface area contributed by atoms with E-state index in [4.69, 9.17) is 5.73 Å². The third-order valence-corrected chi connectivity index (χ3v) is 3.15. The SMILES string of the molecule is Nc1cccc2c1CCN(C(=O)C(F)(F)C(F)F)C2. The summed E-state index contributed by atoms with van der Waals surface area (Å²) in [5.74, 6) is -6.48. The molecule has 0 aromatic heterocycles. The normalized spacial score (nSPS) is 15.5. The van der Waals surface area contributed by atoms with Gasteiger partial charge in [-0.25, -0.2) is 8.78 Å². The smallest absolute Gasteiger partial charge is 0.383 e. The molecule has 2 rings (SSSR count). The average Bonchev–Trinajstić information content (AvgIpc) is 2.37. The van der Waals surface area contributed by atoms with Crippen LogP contribution >= 0.6 is 0 Å². The molecule has 1 heterocycles. The monoisotopic (exact) mass is 276 g/mol. The van der Waals surface area contributed by atoms with Crippen LogP contribution in [0.5, 0.6) is 0 Å². The van der Waals surface area contributed by atoms with Crippen molar-refractivity contribution in [3.8, 4) is 0 Å². The highest BCUT2D eigenvalue weighted by atomic mass is 19.3. The molecule has 104 valence electrons.